The van der Waals surface area contributed by atoms with Gasteiger partial charge in [0.25, 0.3) is 0 Å². The van der Waals surface area contributed by atoms with Gasteiger partial charge in [0.1, 0.15) is 6.61 Å². The Morgan fingerprint density at radius 1 is 0.279 bits per heavy atom. The van der Waals surface area contributed by atoms with Gasteiger partial charge >= 0.3 is 11.9 Å². The second-order valence-corrected chi connectivity index (χ2v) is 25.3. The van der Waals surface area contributed by atoms with E-state index in [1.54, 1.807) is 0 Å². The van der Waals surface area contributed by atoms with Crippen LogP contribution in [0.2, 0.25) is 0 Å². The van der Waals surface area contributed by atoms with Gasteiger partial charge in [-0.25, -0.2) is 0 Å². The van der Waals surface area contributed by atoms with Crippen molar-refractivity contribution in [2.45, 2.75) is 392 Å². The zero-order chi connectivity index (χ0) is 61.9. The first-order valence-electron chi connectivity index (χ1n) is 37.8. The predicted molar refractivity (Wildman–Crippen MR) is 380 cm³/mol. The van der Waals surface area contributed by atoms with Gasteiger partial charge in [0, 0.05) is 12.8 Å². The lowest BCUT2D eigenvalue weighted by molar-refractivity contribution is -0.161. The molecule has 0 spiro atoms. The third kappa shape index (κ3) is 73.3. The summed E-state index contributed by atoms with van der Waals surface area (Å²) >= 11 is 0. The van der Waals surface area contributed by atoms with Crippen molar-refractivity contribution in [2.24, 2.45) is 0 Å². The lowest BCUT2D eigenvalue weighted by atomic mass is 10.0. The number of carbonyl (C=O) groups is 2. The van der Waals surface area contributed by atoms with E-state index >= 15 is 0 Å². The quantitative estimate of drug-likeness (QED) is 0.0373. The molecule has 5 nitrogen and oxygen atoms in total. The fourth-order valence-corrected chi connectivity index (χ4v) is 11.2. The number of unbranched alkanes of at least 4 members (excludes halogenated alkanes) is 46. The van der Waals surface area contributed by atoms with Crippen LogP contribution in [0.5, 0.6) is 0 Å². The van der Waals surface area contributed by atoms with Gasteiger partial charge in [0.2, 0.25) is 0 Å². The molecule has 0 bridgehead atoms. The molecule has 0 saturated carbocycles. The van der Waals surface area contributed by atoms with Gasteiger partial charge in [-0.2, -0.15) is 0 Å². The van der Waals surface area contributed by atoms with Gasteiger partial charge in [-0.15, -0.1) is 0 Å². The molecule has 5 heteroatoms. The summed E-state index contributed by atoms with van der Waals surface area (Å²) in [6, 6.07) is 0. The number of aliphatic hydroxyl groups excluding tert-OH is 1. The van der Waals surface area contributed by atoms with Gasteiger partial charge < -0.3 is 14.6 Å². The minimum Gasteiger partial charge on any atom is -0.462 e. The molecule has 0 amide bonds. The highest BCUT2D eigenvalue weighted by Gasteiger charge is 2.16. The Labute approximate surface area is 536 Å². The summed E-state index contributed by atoms with van der Waals surface area (Å²) in [6.45, 7) is 4.06. The maximum atomic E-state index is 12.4. The monoisotopic (exact) mass is 1200 g/mol. The van der Waals surface area contributed by atoms with E-state index in [-0.39, 0.29) is 25.2 Å². The SMILES string of the molecule is CC/C=C\C/C=C\C/C=C\C/C=C\C/C=C\C/C=C\CCCCCCCCCCCCCCCCC(=O)OC(CO)COC(=O)CCCCCCCCCCCCCCCCCCCCCCCCCCCCC/C=C\C/C=C\CCCCCCC. The molecule has 0 heterocycles. The van der Waals surface area contributed by atoms with Crippen molar-refractivity contribution in [3.05, 3.63) is 97.2 Å². The van der Waals surface area contributed by atoms with Crippen molar-refractivity contribution in [1.82, 2.24) is 0 Å². The summed E-state index contributed by atoms with van der Waals surface area (Å²) in [5.41, 5.74) is 0. The maximum absolute atomic E-state index is 12.4. The Morgan fingerprint density at radius 2 is 0.500 bits per heavy atom. The number of allylic oxidation sites excluding steroid dienone is 16. The van der Waals surface area contributed by atoms with Crippen molar-refractivity contribution in [2.75, 3.05) is 13.2 Å². The molecule has 0 radical (unpaired) electrons. The van der Waals surface area contributed by atoms with Crippen LogP contribution in [0.25, 0.3) is 0 Å². The van der Waals surface area contributed by atoms with Crippen LogP contribution in [0.4, 0.5) is 0 Å². The van der Waals surface area contributed by atoms with Crippen LogP contribution < -0.4 is 0 Å². The molecule has 0 aliphatic rings. The molecule has 1 atom stereocenters. The largest absolute Gasteiger partial charge is 0.462 e. The molecule has 0 aromatic rings. The van der Waals surface area contributed by atoms with Gasteiger partial charge in [-0.1, -0.05) is 374 Å². The Kier molecular flexibility index (Phi) is 73.3. The van der Waals surface area contributed by atoms with E-state index in [2.05, 4.69) is 111 Å². The summed E-state index contributed by atoms with van der Waals surface area (Å²) in [4.78, 5) is 24.7. The van der Waals surface area contributed by atoms with E-state index < -0.39 is 6.10 Å². The highest BCUT2D eigenvalue weighted by atomic mass is 16.6. The molecule has 0 aromatic carbocycles. The van der Waals surface area contributed by atoms with E-state index in [1.807, 2.05) is 0 Å². The van der Waals surface area contributed by atoms with E-state index in [9.17, 15) is 14.7 Å². The lowest BCUT2D eigenvalue weighted by Gasteiger charge is -2.15. The molecule has 0 saturated heterocycles. The number of ether oxygens (including phenoxy) is 2. The van der Waals surface area contributed by atoms with Gasteiger partial charge in [0.05, 0.1) is 6.61 Å². The van der Waals surface area contributed by atoms with Crippen molar-refractivity contribution >= 4 is 11.9 Å². The first-order valence-corrected chi connectivity index (χ1v) is 37.8. The topological polar surface area (TPSA) is 72.8 Å². The first-order chi connectivity index (χ1) is 42.6. The standard InChI is InChI=1S/C81H144O5/c1-3-5-7-9-11-13-15-17-19-21-23-25-27-29-31-33-35-37-38-39-40-41-42-44-45-47-49-51-53-55-57-59-61-63-65-67-69-71-73-75-80(83)85-78-79(77-82)86-81(84)76-74-72-70-68-66-64-62-60-58-56-54-52-50-48-46-43-36-34-32-30-28-26-24-22-20-18-16-14-12-10-8-6-4-2/h6,8,12,14-15,17-18,20-21,23-24,26,30,32,36,43,79,82H,3-5,7,9-11,13,16,19,22,25,27-29,31,33-35,37-42,44-78H2,1-2H3/b8-6-,14-12-,17-15-,20-18-,23-21-,26-24-,32-30-,43-36-. The Bertz CT molecular complexity index is 1600. The van der Waals surface area contributed by atoms with Crippen LogP contribution in [-0.2, 0) is 19.1 Å². The van der Waals surface area contributed by atoms with Crippen LogP contribution >= 0.6 is 0 Å². The summed E-state index contributed by atoms with van der Waals surface area (Å²) in [5, 5.41) is 9.72. The first kappa shape index (κ1) is 82.8. The van der Waals surface area contributed by atoms with Crippen molar-refractivity contribution in [3.63, 3.8) is 0 Å². The average Bonchev–Trinajstić information content (AvgIpc) is 3.55. The molecular weight excluding hydrogens is 1050 g/mol. The van der Waals surface area contributed by atoms with E-state index in [1.165, 1.54) is 276 Å². The van der Waals surface area contributed by atoms with Crippen LogP contribution in [0, 0.1) is 0 Å². The normalized spacial score (nSPS) is 12.7. The Balaban J connectivity index is 3.41. The van der Waals surface area contributed by atoms with Gasteiger partial charge in [0.15, 0.2) is 6.10 Å². The summed E-state index contributed by atoms with van der Waals surface area (Å²) < 4.78 is 10.8. The van der Waals surface area contributed by atoms with E-state index in [0.717, 1.165) is 83.5 Å². The number of carbonyl (C=O) groups excluding carboxylic acids is 2. The van der Waals surface area contributed by atoms with Crippen LogP contribution in [0.1, 0.15) is 386 Å². The van der Waals surface area contributed by atoms with E-state index in [0.29, 0.717) is 12.8 Å². The third-order valence-electron chi connectivity index (χ3n) is 16.9. The third-order valence-corrected chi connectivity index (χ3v) is 16.9. The number of hydrogen-bond acceptors (Lipinski definition) is 5. The highest BCUT2D eigenvalue weighted by molar-refractivity contribution is 5.70. The molecule has 1 N–H and O–H groups in total. The number of rotatable bonds is 70. The maximum Gasteiger partial charge on any atom is 0.306 e. The van der Waals surface area contributed by atoms with Crippen molar-refractivity contribution in [1.29, 1.82) is 0 Å². The highest BCUT2D eigenvalue weighted by Crippen LogP contribution is 2.19. The second kappa shape index (κ2) is 76.1. The van der Waals surface area contributed by atoms with Crippen molar-refractivity contribution < 1.29 is 24.2 Å². The van der Waals surface area contributed by atoms with Crippen LogP contribution in [0.3, 0.4) is 0 Å². The average molecular weight is 1200 g/mol. The minimum atomic E-state index is -0.776. The summed E-state index contributed by atoms with van der Waals surface area (Å²) in [5.74, 6) is -0.575. The molecule has 1 unspecified atom stereocenters. The smallest absolute Gasteiger partial charge is 0.306 e. The van der Waals surface area contributed by atoms with Gasteiger partial charge in [-0.05, 0) is 96.3 Å². The fraction of sp³-hybridized carbons (Fsp3) is 0.778. The summed E-state index contributed by atoms with van der Waals surface area (Å²) in [7, 11) is 0. The molecule has 0 fully saturated rings. The second-order valence-electron chi connectivity index (χ2n) is 25.3. The fourth-order valence-electron chi connectivity index (χ4n) is 11.2. The number of hydrogen-bond donors (Lipinski definition) is 1. The molecule has 0 aliphatic heterocycles. The molecule has 0 aromatic heterocycles. The lowest BCUT2D eigenvalue weighted by Crippen LogP contribution is -2.28. The molecule has 0 aliphatic carbocycles. The van der Waals surface area contributed by atoms with E-state index in [4.69, 9.17) is 9.47 Å². The predicted octanol–water partition coefficient (Wildman–Crippen LogP) is 26.5. The number of aliphatic hydroxyl groups is 1. The Hall–Kier alpha value is -3.18. The van der Waals surface area contributed by atoms with Crippen molar-refractivity contribution in [3.8, 4) is 0 Å². The molecular formula is C81H144O5. The van der Waals surface area contributed by atoms with Crippen LogP contribution in [0.15, 0.2) is 97.2 Å². The zero-order valence-corrected chi connectivity index (χ0v) is 57.3. The minimum absolute atomic E-state index is 0.0646. The molecule has 0 rings (SSSR count). The number of esters is 2. The molecule has 86 heavy (non-hydrogen) atoms. The zero-order valence-electron chi connectivity index (χ0n) is 57.3. The Morgan fingerprint density at radius 3 is 0.756 bits per heavy atom. The molecule has 498 valence electrons. The van der Waals surface area contributed by atoms with Crippen LogP contribution in [-0.4, -0.2) is 36.4 Å². The summed E-state index contributed by atoms with van der Waals surface area (Å²) in [6.07, 6.45) is 109. The van der Waals surface area contributed by atoms with Gasteiger partial charge in [-0.3, -0.25) is 9.59 Å².